The zero-order chi connectivity index (χ0) is 13.6. The Bertz CT molecular complexity index is 603. The highest BCUT2D eigenvalue weighted by atomic mass is 16.6. The van der Waals surface area contributed by atoms with Crippen molar-refractivity contribution >= 4 is 17.0 Å². The van der Waals surface area contributed by atoms with Gasteiger partial charge in [0.25, 0.3) is 0 Å². The smallest absolute Gasteiger partial charge is 0.186 e. The number of nitrogens with zero attached hydrogens (tertiary/aromatic N) is 5. The number of anilines is 1. The fraction of sp³-hybridized carbons (Fsp3) is 0.556. The first-order valence-corrected chi connectivity index (χ1v) is 5.57. The summed E-state index contributed by atoms with van der Waals surface area (Å²) in [6.45, 7) is -0.418. The summed E-state index contributed by atoms with van der Waals surface area (Å²) in [5.74, 6) is 0.156. The SMILES string of the molecule is Nc1ncnc2c1nnn2[C@@H]1O[C@@H](CO)[C@@H](O)[C@H]1O. The van der Waals surface area contributed by atoms with Crippen LogP contribution in [0, 0.1) is 0 Å². The lowest BCUT2D eigenvalue weighted by Crippen LogP contribution is -2.33. The Morgan fingerprint density at radius 2 is 2.11 bits per heavy atom. The van der Waals surface area contributed by atoms with Gasteiger partial charge in [0.05, 0.1) is 6.61 Å². The Morgan fingerprint density at radius 3 is 2.79 bits per heavy atom. The quantitative estimate of drug-likeness (QED) is 0.459. The number of nitrogen functional groups attached to an aromatic ring is 1. The Kier molecular flexibility index (Phi) is 2.78. The molecule has 1 saturated heterocycles. The number of hydrogen-bond acceptors (Lipinski definition) is 9. The third-order valence-corrected chi connectivity index (χ3v) is 3.05. The van der Waals surface area contributed by atoms with Crippen molar-refractivity contribution in [1.82, 2.24) is 25.0 Å². The van der Waals surface area contributed by atoms with Crippen LogP contribution in [0.25, 0.3) is 11.2 Å². The van der Waals surface area contributed by atoms with Crippen molar-refractivity contribution in [2.45, 2.75) is 24.5 Å². The van der Waals surface area contributed by atoms with Crippen LogP contribution < -0.4 is 5.73 Å². The number of rotatable bonds is 2. The minimum atomic E-state index is -1.25. The Hall–Kier alpha value is -1.88. The molecule has 10 heteroatoms. The van der Waals surface area contributed by atoms with Gasteiger partial charge in [-0.2, -0.15) is 4.68 Å². The molecule has 2 aromatic heterocycles. The Balaban J connectivity index is 2.04. The third-order valence-electron chi connectivity index (χ3n) is 3.05. The summed E-state index contributed by atoms with van der Waals surface area (Å²) in [5.41, 5.74) is 6.18. The van der Waals surface area contributed by atoms with E-state index in [0.717, 1.165) is 0 Å². The highest BCUT2D eigenvalue weighted by Gasteiger charge is 2.44. The molecule has 0 radical (unpaired) electrons. The van der Waals surface area contributed by atoms with Crippen LogP contribution >= 0.6 is 0 Å². The van der Waals surface area contributed by atoms with Crippen molar-refractivity contribution in [1.29, 1.82) is 0 Å². The van der Waals surface area contributed by atoms with Gasteiger partial charge in [0.2, 0.25) is 0 Å². The molecule has 0 spiro atoms. The van der Waals surface area contributed by atoms with E-state index >= 15 is 0 Å². The second-order valence-corrected chi connectivity index (χ2v) is 4.19. The van der Waals surface area contributed by atoms with Gasteiger partial charge >= 0.3 is 0 Å². The van der Waals surface area contributed by atoms with Crippen LogP contribution in [0.15, 0.2) is 6.33 Å². The first kappa shape index (κ1) is 12.2. The summed E-state index contributed by atoms with van der Waals surface area (Å²) in [6, 6.07) is 0. The van der Waals surface area contributed by atoms with Gasteiger partial charge < -0.3 is 25.8 Å². The lowest BCUT2D eigenvalue weighted by atomic mass is 10.1. The van der Waals surface area contributed by atoms with E-state index in [9.17, 15) is 10.2 Å². The van der Waals surface area contributed by atoms with Gasteiger partial charge in [-0.3, -0.25) is 0 Å². The van der Waals surface area contributed by atoms with Crippen LogP contribution in [0.5, 0.6) is 0 Å². The largest absolute Gasteiger partial charge is 0.394 e. The second kappa shape index (κ2) is 4.35. The fourth-order valence-electron chi connectivity index (χ4n) is 2.03. The molecule has 0 bridgehead atoms. The lowest BCUT2D eigenvalue weighted by Gasteiger charge is -2.14. The van der Waals surface area contributed by atoms with Crippen LogP contribution in [0.4, 0.5) is 5.82 Å². The van der Waals surface area contributed by atoms with E-state index in [-0.39, 0.29) is 17.0 Å². The highest BCUT2D eigenvalue weighted by molar-refractivity contribution is 5.80. The topological polar surface area (TPSA) is 152 Å². The summed E-state index contributed by atoms with van der Waals surface area (Å²) in [6.07, 6.45) is -3.12. The van der Waals surface area contributed by atoms with Crippen molar-refractivity contribution < 1.29 is 20.1 Å². The van der Waals surface area contributed by atoms with Gasteiger partial charge in [-0.25, -0.2) is 9.97 Å². The Morgan fingerprint density at radius 1 is 1.32 bits per heavy atom. The molecule has 2 aromatic rings. The van der Waals surface area contributed by atoms with Crippen LogP contribution in [-0.2, 0) is 4.74 Å². The van der Waals surface area contributed by atoms with Crippen LogP contribution in [-0.4, -0.2) is 65.2 Å². The molecule has 0 aliphatic carbocycles. The molecular weight excluding hydrogens is 256 g/mol. The van der Waals surface area contributed by atoms with E-state index in [0.29, 0.717) is 0 Å². The molecule has 1 aliphatic rings. The first-order chi connectivity index (χ1) is 9.13. The van der Waals surface area contributed by atoms with Crippen LogP contribution in [0.2, 0.25) is 0 Å². The van der Waals surface area contributed by atoms with Gasteiger partial charge in [-0.15, -0.1) is 5.10 Å². The predicted molar refractivity (Wildman–Crippen MR) is 60.5 cm³/mol. The standard InChI is InChI=1S/C9H12N6O4/c10-7-4-8(12-2-11-7)15(14-13-4)9-6(18)5(17)3(1-16)19-9/h2-3,5-6,9,16-18H,1H2,(H2,10,11,12)/t3-,5+,6+,9+/m0/s1. The second-order valence-electron chi connectivity index (χ2n) is 4.19. The number of ether oxygens (including phenoxy) is 1. The van der Waals surface area contributed by atoms with E-state index in [1.807, 2.05) is 0 Å². The minimum absolute atomic E-state index is 0.156. The summed E-state index contributed by atoms with van der Waals surface area (Å²) in [4.78, 5) is 7.74. The van der Waals surface area contributed by atoms with Gasteiger partial charge in [0.15, 0.2) is 23.2 Å². The number of fused-ring (bicyclic) bond motifs is 1. The molecule has 5 N–H and O–H groups in total. The van der Waals surface area contributed by atoms with Gasteiger partial charge in [0, 0.05) is 0 Å². The summed E-state index contributed by atoms with van der Waals surface area (Å²) >= 11 is 0. The molecule has 4 atom stereocenters. The molecule has 0 unspecified atom stereocenters. The van der Waals surface area contributed by atoms with Gasteiger partial charge in [0.1, 0.15) is 24.6 Å². The molecule has 3 heterocycles. The lowest BCUT2D eigenvalue weighted by molar-refractivity contribution is -0.0574. The number of aromatic nitrogens is 5. The summed E-state index contributed by atoms with van der Waals surface area (Å²) in [5, 5.41) is 36.2. The molecule has 0 saturated carbocycles. The normalized spacial score (nSPS) is 31.1. The minimum Gasteiger partial charge on any atom is -0.394 e. The number of aliphatic hydroxyl groups is 3. The zero-order valence-electron chi connectivity index (χ0n) is 9.66. The molecule has 1 aliphatic heterocycles. The molecular formula is C9H12N6O4. The highest BCUT2D eigenvalue weighted by Crippen LogP contribution is 2.30. The number of aliphatic hydroxyl groups excluding tert-OH is 3. The van der Waals surface area contributed by atoms with Crippen LogP contribution in [0.3, 0.4) is 0 Å². The van der Waals surface area contributed by atoms with E-state index in [1.165, 1.54) is 11.0 Å². The molecule has 1 fully saturated rings. The van der Waals surface area contributed by atoms with E-state index in [4.69, 9.17) is 15.6 Å². The predicted octanol–water partition coefficient (Wildman–Crippen LogP) is -2.58. The number of hydrogen-bond donors (Lipinski definition) is 4. The molecule has 102 valence electrons. The van der Waals surface area contributed by atoms with Gasteiger partial charge in [-0.05, 0) is 0 Å². The fourth-order valence-corrected chi connectivity index (χ4v) is 2.03. The molecule has 10 nitrogen and oxygen atoms in total. The summed E-state index contributed by atoms with van der Waals surface area (Å²) < 4.78 is 6.54. The van der Waals surface area contributed by atoms with E-state index in [2.05, 4.69) is 20.3 Å². The van der Waals surface area contributed by atoms with Crippen LogP contribution in [0.1, 0.15) is 6.23 Å². The molecule has 3 rings (SSSR count). The maximum atomic E-state index is 9.91. The van der Waals surface area contributed by atoms with Gasteiger partial charge in [-0.1, -0.05) is 5.21 Å². The third kappa shape index (κ3) is 1.73. The van der Waals surface area contributed by atoms with Crippen molar-refractivity contribution in [3.8, 4) is 0 Å². The van der Waals surface area contributed by atoms with Crippen molar-refractivity contribution in [3.05, 3.63) is 6.33 Å². The van der Waals surface area contributed by atoms with Crippen molar-refractivity contribution in [2.75, 3.05) is 12.3 Å². The maximum Gasteiger partial charge on any atom is 0.186 e. The average Bonchev–Trinajstić information content (AvgIpc) is 2.94. The van der Waals surface area contributed by atoms with Crippen molar-refractivity contribution in [3.63, 3.8) is 0 Å². The maximum absolute atomic E-state index is 9.91. The molecule has 0 aromatic carbocycles. The van der Waals surface area contributed by atoms with E-state index in [1.54, 1.807) is 0 Å². The van der Waals surface area contributed by atoms with Crippen molar-refractivity contribution in [2.24, 2.45) is 0 Å². The number of nitrogens with two attached hydrogens (primary N) is 1. The summed E-state index contributed by atoms with van der Waals surface area (Å²) in [7, 11) is 0. The Labute approximate surface area is 106 Å². The van der Waals surface area contributed by atoms with E-state index < -0.39 is 31.1 Å². The average molecular weight is 268 g/mol. The molecule has 0 amide bonds. The molecule has 19 heavy (non-hydrogen) atoms. The zero-order valence-corrected chi connectivity index (χ0v) is 9.66. The first-order valence-electron chi connectivity index (χ1n) is 5.57. The monoisotopic (exact) mass is 268 g/mol.